The largest absolute Gasteiger partial charge is 0.493 e. The van der Waals surface area contributed by atoms with Crippen LogP contribution in [-0.2, 0) is 4.79 Å². The Morgan fingerprint density at radius 3 is 2.86 bits per heavy atom. The molecule has 0 aliphatic rings. The number of H-pyrrole nitrogens is 1. The van der Waals surface area contributed by atoms with Gasteiger partial charge in [0.1, 0.15) is 0 Å². The number of amides is 1. The molecule has 0 saturated heterocycles. The number of thioether (sulfide) groups is 1. The highest BCUT2D eigenvalue weighted by molar-refractivity contribution is 7.99. The molecule has 0 bridgehead atoms. The van der Waals surface area contributed by atoms with Crippen LogP contribution in [0.1, 0.15) is 6.42 Å². The molecule has 0 aliphatic heterocycles. The lowest BCUT2D eigenvalue weighted by atomic mass is 10.3. The van der Waals surface area contributed by atoms with Gasteiger partial charge in [-0.2, -0.15) is 4.98 Å². The third-order valence-electron chi connectivity index (χ3n) is 2.48. The molecule has 2 aromatic rings. The van der Waals surface area contributed by atoms with Gasteiger partial charge in [-0.05, 0) is 18.2 Å². The summed E-state index contributed by atoms with van der Waals surface area (Å²) in [6, 6.07) is 5.75. The molecule has 1 aromatic carbocycles. The highest BCUT2D eigenvalue weighted by atomic mass is 35.5. The first-order valence-electron chi connectivity index (χ1n) is 6.12. The first-order chi connectivity index (χ1) is 10.4. The zero-order valence-electron chi connectivity index (χ0n) is 11.1. The number of benzene rings is 1. The maximum Gasteiger partial charge on any atom is 0.255 e. The lowest BCUT2D eigenvalue weighted by molar-refractivity contribution is -0.115. The second kappa shape index (κ2) is 7.53. The molecule has 0 saturated carbocycles. The summed E-state index contributed by atoms with van der Waals surface area (Å²) in [4.78, 5) is 29.2. The maximum absolute atomic E-state index is 11.8. The van der Waals surface area contributed by atoms with Crippen LogP contribution in [0.2, 0.25) is 10.0 Å². The van der Waals surface area contributed by atoms with Crippen molar-refractivity contribution >= 4 is 46.6 Å². The van der Waals surface area contributed by atoms with E-state index in [0.29, 0.717) is 21.5 Å². The Hall–Kier alpha value is -1.70. The van der Waals surface area contributed by atoms with Gasteiger partial charge in [0.25, 0.3) is 5.56 Å². The van der Waals surface area contributed by atoms with Gasteiger partial charge in [-0.15, -0.1) is 0 Å². The van der Waals surface area contributed by atoms with Crippen LogP contribution in [0.5, 0.6) is 5.88 Å². The fraction of sp³-hybridized carbons (Fsp3) is 0.154. The van der Waals surface area contributed by atoms with Crippen molar-refractivity contribution in [2.24, 2.45) is 0 Å². The number of hydrogen-bond acceptors (Lipinski definition) is 5. The average molecular weight is 360 g/mol. The molecule has 0 atom stereocenters. The predicted molar refractivity (Wildman–Crippen MR) is 87.0 cm³/mol. The van der Waals surface area contributed by atoms with Crippen molar-refractivity contribution in [1.82, 2.24) is 9.97 Å². The Bertz CT molecular complexity index is 752. The maximum atomic E-state index is 11.8. The number of nitrogens with zero attached hydrogens (tertiary/aromatic N) is 1. The third-order valence-corrected chi connectivity index (χ3v) is 3.92. The monoisotopic (exact) mass is 359 g/mol. The van der Waals surface area contributed by atoms with Crippen molar-refractivity contribution in [3.05, 3.63) is 44.7 Å². The molecule has 0 aliphatic carbocycles. The summed E-state index contributed by atoms with van der Waals surface area (Å²) in [7, 11) is 0. The third kappa shape index (κ3) is 4.94. The topological polar surface area (TPSA) is 95.1 Å². The van der Waals surface area contributed by atoms with Crippen molar-refractivity contribution in [2.45, 2.75) is 11.6 Å². The molecule has 6 nitrogen and oxygen atoms in total. The minimum absolute atomic E-state index is 0.173. The van der Waals surface area contributed by atoms with Crippen LogP contribution < -0.4 is 10.9 Å². The van der Waals surface area contributed by atoms with Crippen molar-refractivity contribution in [3.8, 4) is 5.88 Å². The van der Waals surface area contributed by atoms with Crippen LogP contribution >= 0.6 is 35.0 Å². The van der Waals surface area contributed by atoms with E-state index in [0.717, 1.165) is 17.8 Å². The second-order valence-corrected chi connectivity index (χ2v) is 6.11. The molecule has 0 radical (unpaired) electrons. The summed E-state index contributed by atoms with van der Waals surface area (Å²) < 4.78 is 0. The smallest absolute Gasteiger partial charge is 0.255 e. The average Bonchev–Trinajstić information content (AvgIpc) is 2.42. The molecule has 0 fully saturated rings. The first-order valence-corrected chi connectivity index (χ1v) is 7.86. The van der Waals surface area contributed by atoms with Gasteiger partial charge in [-0.25, -0.2) is 0 Å². The number of carbonyl (C=O) groups is 1. The van der Waals surface area contributed by atoms with Crippen molar-refractivity contribution in [2.75, 3.05) is 11.1 Å². The standard InChI is InChI=1S/C13H11Cl2N3O3S/c14-7-1-2-8(15)9(5-7)16-10(19)3-4-22-13-17-11(20)6-12(21)18-13/h1-2,5-6H,3-4H2,(H,16,19)(H2,17,18,20,21). The highest BCUT2D eigenvalue weighted by Crippen LogP contribution is 2.25. The van der Waals surface area contributed by atoms with E-state index in [4.69, 9.17) is 23.2 Å². The molecule has 1 amide bonds. The first kappa shape index (κ1) is 16.7. The van der Waals surface area contributed by atoms with Crippen LogP contribution in [0.15, 0.2) is 34.2 Å². The van der Waals surface area contributed by atoms with Crippen LogP contribution in [-0.4, -0.2) is 26.7 Å². The molecule has 0 unspecified atom stereocenters. The van der Waals surface area contributed by atoms with Crippen molar-refractivity contribution in [3.63, 3.8) is 0 Å². The summed E-state index contributed by atoms with van der Waals surface area (Å²) in [6.07, 6.45) is 0.173. The normalized spacial score (nSPS) is 10.5. The minimum Gasteiger partial charge on any atom is -0.493 e. The Kier molecular flexibility index (Phi) is 5.70. The second-order valence-electron chi connectivity index (χ2n) is 4.18. The van der Waals surface area contributed by atoms with Gasteiger partial charge in [0.15, 0.2) is 5.16 Å². The van der Waals surface area contributed by atoms with Gasteiger partial charge in [0.2, 0.25) is 11.8 Å². The summed E-state index contributed by atoms with van der Waals surface area (Å²) >= 11 is 12.9. The Morgan fingerprint density at radius 2 is 2.14 bits per heavy atom. The molecule has 9 heteroatoms. The number of rotatable bonds is 5. The van der Waals surface area contributed by atoms with E-state index < -0.39 is 5.56 Å². The van der Waals surface area contributed by atoms with Crippen LogP contribution in [0.4, 0.5) is 5.69 Å². The van der Waals surface area contributed by atoms with Crippen LogP contribution in [0.3, 0.4) is 0 Å². The minimum atomic E-state index is -0.454. The Balaban J connectivity index is 1.88. The van der Waals surface area contributed by atoms with E-state index in [1.807, 2.05) is 0 Å². The Labute approximate surface area is 139 Å². The zero-order valence-corrected chi connectivity index (χ0v) is 13.4. The summed E-state index contributed by atoms with van der Waals surface area (Å²) in [5.41, 5.74) is -0.0155. The van der Waals surface area contributed by atoms with E-state index in [2.05, 4.69) is 15.3 Å². The van der Waals surface area contributed by atoms with E-state index in [1.54, 1.807) is 18.2 Å². The van der Waals surface area contributed by atoms with Crippen LogP contribution in [0.25, 0.3) is 0 Å². The van der Waals surface area contributed by atoms with E-state index in [9.17, 15) is 14.7 Å². The van der Waals surface area contributed by atoms with Gasteiger partial charge in [-0.3, -0.25) is 9.59 Å². The molecule has 22 heavy (non-hydrogen) atoms. The lowest BCUT2D eigenvalue weighted by Crippen LogP contribution is -2.13. The summed E-state index contributed by atoms with van der Waals surface area (Å²) in [5, 5.41) is 13.0. The highest BCUT2D eigenvalue weighted by Gasteiger charge is 2.08. The number of aromatic amines is 1. The molecule has 1 aromatic heterocycles. The van der Waals surface area contributed by atoms with E-state index >= 15 is 0 Å². The van der Waals surface area contributed by atoms with Crippen molar-refractivity contribution < 1.29 is 9.90 Å². The van der Waals surface area contributed by atoms with E-state index in [1.165, 1.54) is 0 Å². The fourth-order valence-corrected chi connectivity index (χ4v) is 2.69. The molecule has 3 N–H and O–H groups in total. The number of nitrogens with one attached hydrogen (secondary N) is 2. The number of aromatic hydroxyl groups is 1. The molecule has 1 heterocycles. The molecular formula is C13H11Cl2N3O3S. The fourth-order valence-electron chi connectivity index (χ4n) is 1.54. The predicted octanol–water partition coefficient (Wildman–Crippen LogP) is 2.90. The molecule has 116 valence electrons. The SMILES string of the molecule is O=C(CCSc1nc(O)cc(=O)[nH]1)Nc1cc(Cl)ccc1Cl. The van der Waals surface area contributed by atoms with Crippen molar-refractivity contribution in [1.29, 1.82) is 0 Å². The molecule has 2 rings (SSSR count). The number of aromatic nitrogens is 2. The molecule has 0 spiro atoms. The Morgan fingerprint density at radius 1 is 1.36 bits per heavy atom. The van der Waals surface area contributed by atoms with E-state index in [-0.39, 0.29) is 23.4 Å². The van der Waals surface area contributed by atoms with Gasteiger partial charge < -0.3 is 15.4 Å². The number of carbonyl (C=O) groups excluding carboxylic acids is 1. The summed E-state index contributed by atoms with van der Waals surface area (Å²) in [5.74, 6) is -0.239. The van der Waals surface area contributed by atoms with Gasteiger partial charge in [0, 0.05) is 17.2 Å². The van der Waals surface area contributed by atoms with Crippen LogP contribution in [0, 0.1) is 0 Å². The lowest BCUT2D eigenvalue weighted by Gasteiger charge is -2.07. The number of halogens is 2. The molecular weight excluding hydrogens is 349 g/mol. The zero-order chi connectivity index (χ0) is 16.1. The van der Waals surface area contributed by atoms with Gasteiger partial charge >= 0.3 is 0 Å². The quantitative estimate of drug-likeness (QED) is 0.563. The van der Waals surface area contributed by atoms with Gasteiger partial charge in [0.05, 0.1) is 16.8 Å². The number of anilines is 1. The summed E-state index contributed by atoms with van der Waals surface area (Å²) in [6.45, 7) is 0. The van der Waals surface area contributed by atoms with Gasteiger partial charge in [-0.1, -0.05) is 35.0 Å². The number of hydrogen-bond donors (Lipinski definition) is 3.